The molecule has 4 rings (SSSR count). The van der Waals surface area contributed by atoms with Crippen molar-refractivity contribution in [2.75, 3.05) is 51.9 Å². The van der Waals surface area contributed by atoms with Crippen molar-refractivity contribution in [1.82, 2.24) is 4.90 Å². The van der Waals surface area contributed by atoms with Gasteiger partial charge in [0.1, 0.15) is 35.2 Å². The number of anilines is 1. The van der Waals surface area contributed by atoms with Crippen molar-refractivity contribution in [1.29, 1.82) is 0 Å². The van der Waals surface area contributed by atoms with Crippen molar-refractivity contribution < 1.29 is 18.6 Å². The molecule has 0 spiro atoms. The third-order valence-corrected chi connectivity index (χ3v) is 7.11. The van der Waals surface area contributed by atoms with Gasteiger partial charge in [-0.05, 0) is 56.1 Å². The second-order valence-corrected chi connectivity index (χ2v) is 9.05. The van der Waals surface area contributed by atoms with E-state index in [0.29, 0.717) is 18.3 Å². The highest BCUT2D eigenvalue weighted by Gasteiger charge is 2.33. The molecule has 0 saturated carbocycles. The number of ether oxygens (including phenoxy) is 3. The number of rotatable bonds is 8. The summed E-state index contributed by atoms with van der Waals surface area (Å²) in [5.74, 6) is 2.65. The first-order chi connectivity index (χ1) is 15.1. The largest absolute Gasteiger partial charge is 0.497 e. The molecule has 2 aromatic carbocycles. The van der Waals surface area contributed by atoms with E-state index in [0.717, 1.165) is 61.1 Å². The van der Waals surface area contributed by atoms with Gasteiger partial charge in [-0.15, -0.1) is 24.8 Å². The third-order valence-electron chi connectivity index (χ3n) is 5.97. The Hall–Kier alpha value is -1.58. The molecule has 2 aliphatic heterocycles. The predicted octanol–water partition coefficient (Wildman–Crippen LogP) is 4.63. The second kappa shape index (κ2) is 12.8. The van der Waals surface area contributed by atoms with E-state index >= 15 is 0 Å². The van der Waals surface area contributed by atoms with Gasteiger partial charge in [0.15, 0.2) is 0 Å². The van der Waals surface area contributed by atoms with Crippen LogP contribution in [0.5, 0.6) is 17.2 Å². The summed E-state index contributed by atoms with van der Waals surface area (Å²) in [7, 11) is 3.35. The summed E-state index contributed by atoms with van der Waals surface area (Å²) in [6.45, 7) is 4.50. The van der Waals surface area contributed by atoms with Gasteiger partial charge in [0.05, 0.1) is 24.8 Å². The SMILES string of the molecule is COc1cc(OC)c2c(c1)N(CC1CCN(CCOc3ccc(F)cc3)CC1)C(N)S2.Cl.Cl. The van der Waals surface area contributed by atoms with Crippen LogP contribution in [0.25, 0.3) is 0 Å². The zero-order valence-corrected chi connectivity index (χ0v) is 21.3. The molecule has 0 aliphatic carbocycles. The topological polar surface area (TPSA) is 60.2 Å². The normalized spacial score (nSPS) is 18.2. The molecule has 1 fully saturated rings. The van der Waals surface area contributed by atoms with Crippen LogP contribution in [-0.4, -0.2) is 57.4 Å². The molecule has 1 saturated heterocycles. The summed E-state index contributed by atoms with van der Waals surface area (Å²) in [6.07, 6.45) is 2.25. The summed E-state index contributed by atoms with van der Waals surface area (Å²) < 4.78 is 29.7. The standard InChI is InChI=1S/C23H30FN3O3S.2ClH/c1-28-19-13-20-22(21(14-19)29-2)31-23(25)27(20)15-16-7-9-26(10-8-16)11-12-30-18-5-3-17(24)4-6-18;;/h3-6,13-14,16,23H,7-12,15,25H2,1-2H3;2*1H. The van der Waals surface area contributed by atoms with E-state index < -0.39 is 0 Å². The molecule has 0 aromatic heterocycles. The Bertz CT molecular complexity index is 886. The van der Waals surface area contributed by atoms with Gasteiger partial charge >= 0.3 is 0 Å². The Morgan fingerprint density at radius 3 is 2.36 bits per heavy atom. The Kier molecular flexibility index (Phi) is 10.7. The highest BCUT2D eigenvalue weighted by atomic mass is 35.5. The molecule has 0 bridgehead atoms. The number of benzene rings is 2. The fraction of sp³-hybridized carbons (Fsp3) is 0.478. The maximum atomic E-state index is 13.0. The average Bonchev–Trinajstić information content (AvgIpc) is 3.10. The van der Waals surface area contributed by atoms with Crippen LogP contribution in [0.15, 0.2) is 41.3 Å². The van der Waals surface area contributed by atoms with Gasteiger partial charge < -0.3 is 24.8 Å². The summed E-state index contributed by atoms with van der Waals surface area (Å²) >= 11 is 1.64. The molecular weight excluding hydrogens is 488 g/mol. The van der Waals surface area contributed by atoms with Crippen molar-refractivity contribution in [3.63, 3.8) is 0 Å². The minimum Gasteiger partial charge on any atom is -0.497 e. The number of nitrogens with zero attached hydrogens (tertiary/aromatic N) is 2. The third kappa shape index (κ3) is 6.73. The van der Waals surface area contributed by atoms with Gasteiger partial charge in [0.25, 0.3) is 0 Å². The first-order valence-corrected chi connectivity index (χ1v) is 11.5. The molecule has 2 aromatic rings. The monoisotopic (exact) mass is 519 g/mol. The summed E-state index contributed by atoms with van der Waals surface area (Å²) in [6, 6.07) is 10.1. The number of likely N-dealkylation sites (tertiary alicyclic amines) is 1. The van der Waals surface area contributed by atoms with Crippen molar-refractivity contribution in [2.24, 2.45) is 11.7 Å². The molecule has 10 heteroatoms. The van der Waals surface area contributed by atoms with Crippen LogP contribution in [0.1, 0.15) is 12.8 Å². The zero-order chi connectivity index (χ0) is 21.8. The maximum absolute atomic E-state index is 13.0. The minimum absolute atomic E-state index is 0. The molecule has 2 aliphatic rings. The number of hydrogen-bond donors (Lipinski definition) is 1. The van der Waals surface area contributed by atoms with Crippen molar-refractivity contribution in [3.8, 4) is 17.2 Å². The number of piperidine rings is 1. The number of fused-ring (bicyclic) bond motifs is 1. The molecule has 1 unspecified atom stereocenters. The van der Waals surface area contributed by atoms with Crippen molar-refractivity contribution in [2.45, 2.75) is 23.2 Å². The lowest BCUT2D eigenvalue weighted by Gasteiger charge is -2.35. The van der Waals surface area contributed by atoms with Gasteiger partial charge in [0, 0.05) is 25.2 Å². The fourth-order valence-corrected chi connectivity index (χ4v) is 5.31. The van der Waals surface area contributed by atoms with E-state index in [9.17, 15) is 4.39 Å². The quantitative estimate of drug-likeness (QED) is 0.545. The Balaban J connectivity index is 0.00000193. The van der Waals surface area contributed by atoms with Gasteiger partial charge in [-0.2, -0.15) is 0 Å². The number of nitrogens with two attached hydrogens (primary N) is 1. The molecule has 2 heterocycles. The molecule has 6 nitrogen and oxygen atoms in total. The average molecular weight is 520 g/mol. The second-order valence-electron chi connectivity index (χ2n) is 7.93. The number of hydrogen-bond acceptors (Lipinski definition) is 7. The van der Waals surface area contributed by atoms with Gasteiger partial charge in [0.2, 0.25) is 0 Å². The molecule has 0 amide bonds. The Labute approximate surface area is 211 Å². The lowest BCUT2D eigenvalue weighted by molar-refractivity contribution is 0.156. The van der Waals surface area contributed by atoms with E-state index in [4.69, 9.17) is 19.9 Å². The lowest BCUT2D eigenvalue weighted by Crippen LogP contribution is -2.43. The van der Waals surface area contributed by atoms with E-state index in [1.165, 1.54) is 12.1 Å². The highest BCUT2D eigenvalue weighted by molar-refractivity contribution is 8.00. The molecule has 0 radical (unpaired) electrons. The van der Waals surface area contributed by atoms with Crippen molar-refractivity contribution in [3.05, 3.63) is 42.2 Å². The first-order valence-electron chi connectivity index (χ1n) is 10.6. The van der Waals surface area contributed by atoms with Crippen LogP contribution < -0.4 is 24.8 Å². The smallest absolute Gasteiger partial charge is 0.138 e. The van der Waals surface area contributed by atoms with Crippen LogP contribution in [-0.2, 0) is 0 Å². The first kappa shape index (κ1) is 27.7. The number of methoxy groups -OCH3 is 2. The summed E-state index contributed by atoms with van der Waals surface area (Å²) in [5, 5.41) is 0. The predicted molar refractivity (Wildman–Crippen MR) is 136 cm³/mol. The highest BCUT2D eigenvalue weighted by Crippen LogP contribution is 2.49. The van der Waals surface area contributed by atoms with Crippen LogP contribution in [0.4, 0.5) is 10.1 Å². The van der Waals surface area contributed by atoms with Crippen LogP contribution in [0.3, 0.4) is 0 Å². The van der Waals surface area contributed by atoms with Gasteiger partial charge in [-0.1, -0.05) is 11.8 Å². The molecule has 33 heavy (non-hydrogen) atoms. The molecule has 184 valence electrons. The van der Waals surface area contributed by atoms with E-state index in [1.54, 1.807) is 38.1 Å². The molecule has 1 atom stereocenters. The Morgan fingerprint density at radius 1 is 1.03 bits per heavy atom. The van der Waals surface area contributed by atoms with Gasteiger partial charge in [-0.25, -0.2) is 4.39 Å². The van der Waals surface area contributed by atoms with E-state index in [-0.39, 0.29) is 36.1 Å². The lowest BCUT2D eigenvalue weighted by atomic mass is 9.96. The zero-order valence-electron chi connectivity index (χ0n) is 18.9. The fourth-order valence-electron chi connectivity index (χ4n) is 4.18. The molecular formula is C23H32Cl2FN3O3S. The summed E-state index contributed by atoms with van der Waals surface area (Å²) in [4.78, 5) is 5.80. The van der Waals surface area contributed by atoms with Crippen LogP contribution >= 0.6 is 36.6 Å². The van der Waals surface area contributed by atoms with Crippen molar-refractivity contribution >= 4 is 42.3 Å². The summed E-state index contributed by atoms with van der Waals surface area (Å²) in [5.41, 5.74) is 7.45. The Morgan fingerprint density at radius 2 is 1.73 bits per heavy atom. The number of halogens is 3. The van der Waals surface area contributed by atoms with Crippen LogP contribution in [0.2, 0.25) is 0 Å². The number of thioether (sulfide) groups is 1. The van der Waals surface area contributed by atoms with E-state index in [1.807, 2.05) is 6.07 Å². The van der Waals surface area contributed by atoms with Crippen LogP contribution in [0, 0.1) is 11.7 Å². The minimum atomic E-state index is -0.245. The maximum Gasteiger partial charge on any atom is 0.138 e. The van der Waals surface area contributed by atoms with E-state index in [2.05, 4.69) is 15.9 Å². The van der Waals surface area contributed by atoms with Gasteiger partial charge in [-0.3, -0.25) is 4.90 Å². The molecule has 2 N–H and O–H groups in total.